The molecule has 1 aliphatic rings. The van der Waals surface area contributed by atoms with Crippen LogP contribution in [-0.4, -0.2) is 21.2 Å². The third kappa shape index (κ3) is 3.23. The Morgan fingerprint density at radius 1 is 1.10 bits per heavy atom. The van der Waals surface area contributed by atoms with Crippen LogP contribution in [0.3, 0.4) is 0 Å². The normalized spacial score (nSPS) is 16.2. The maximum atomic E-state index is 13.2. The molecule has 0 fully saturated rings. The van der Waals surface area contributed by atoms with Crippen molar-refractivity contribution >= 4 is 34.3 Å². The highest BCUT2D eigenvalue weighted by Gasteiger charge is 2.35. The second kappa shape index (κ2) is 7.35. The van der Waals surface area contributed by atoms with Gasteiger partial charge in [-0.3, -0.25) is 9.36 Å². The van der Waals surface area contributed by atoms with Gasteiger partial charge in [0.25, 0.3) is 5.91 Å². The van der Waals surface area contributed by atoms with Crippen LogP contribution in [-0.2, 0) is 11.3 Å². The quantitative estimate of drug-likeness (QED) is 0.494. The molecule has 4 aromatic rings. The van der Waals surface area contributed by atoms with Gasteiger partial charge in [0.1, 0.15) is 18.3 Å². The number of furan rings is 1. The Labute approximate surface area is 175 Å². The SMILES string of the molecule is O=C(Cn1c(=O)oc2ccccc21)N1N=C(c2ccc(Cl)cc2)C[C@@H]1c1ccco1. The van der Waals surface area contributed by atoms with E-state index in [-0.39, 0.29) is 12.5 Å². The number of nitrogens with zero attached hydrogens (tertiary/aromatic N) is 3. The summed E-state index contributed by atoms with van der Waals surface area (Å²) in [6, 6.07) is 17.5. The van der Waals surface area contributed by atoms with Gasteiger partial charge in [-0.05, 0) is 42.0 Å². The Kier molecular flexibility index (Phi) is 4.52. The summed E-state index contributed by atoms with van der Waals surface area (Å²) in [5, 5.41) is 6.58. The zero-order valence-electron chi connectivity index (χ0n) is 15.7. The van der Waals surface area contributed by atoms with Gasteiger partial charge in [-0.1, -0.05) is 35.9 Å². The first kappa shape index (κ1) is 18.4. The van der Waals surface area contributed by atoms with Crippen molar-refractivity contribution in [3.8, 4) is 0 Å². The topological polar surface area (TPSA) is 81.0 Å². The van der Waals surface area contributed by atoms with Gasteiger partial charge in [-0.15, -0.1) is 0 Å². The first-order chi connectivity index (χ1) is 14.6. The van der Waals surface area contributed by atoms with E-state index in [1.807, 2.05) is 18.2 Å². The standard InChI is InChI=1S/C22H16ClN3O4/c23-15-9-7-14(8-10-15)16-12-18(19-6-3-11-29-19)26(24-16)21(27)13-25-17-4-1-2-5-20(17)30-22(25)28/h1-11,18H,12-13H2/t18-/m1/s1. The number of fused-ring (bicyclic) bond motifs is 1. The van der Waals surface area contributed by atoms with Gasteiger partial charge in [0.2, 0.25) is 0 Å². The van der Waals surface area contributed by atoms with E-state index in [1.165, 1.54) is 9.58 Å². The molecule has 30 heavy (non-hydrogen) atoms. The lowest BCUT2D eigenvalue weighted by molar-refractivity contribution is -0.134. The molecule has 1 atom stereocenters. The lowest BCUT2D eigenvalue weighted by Gasteiger charge is -2.19. The minimum atomic E-state index is -0.583. The van der Waals surface area contributed by atoms with E-state index in [9.17, 15) is 9.59 Å². The Morgan fingerprint density at radius 2 is 1.90 bits per heavy atom. The van der Waals surface area contributed by atoms with Crippen molar-refractivity contribution < 1.29 is 13.6 Å². The largest absolute Gasteiger partial charge is 0.467 e. The minimum Gasteiger partial charge on any atom is -0.467 e. The van der Waals surface area contributed by atoms with Crippen LogP contribution in [0.2, 0.25) is 5.02 Å². The molecule has 0 N–H and O–H groups in total. The number of amides is 1. The number of rotatable bonds is 4. The van der Waals surface area contributed by atoms with Crippen LogP contribution in [0.15, 0.2) is 85.7 Å². The van der Waals surface area contributed by atoms with Crippen molar-refractivity contribution in [3.05, 3.63) is 93.8 Å². The monoisotopic (exact) mass is 421 g/mol. The molecule has 0 bridgehead atoms. The minimum absolute atomic E-state index is 0.190. The molecule has 0 radical (unpaired) electrons. The molecule has 2 aromatic heterocycles. The number of carbonyl (C=O) groups excluding carboxylic acids is 1. The van der Waals surface area contributed by atoms with Crippen LogP contribution in [0.4, 0.5) is 0 Å². The third-order valence-electron chi connectivity index (χ3n) is 5.08. The summed E-state index contributed by atoms with van der Waals surface area (Å²) < 4.78 is 12.1. The summed E-state index contributed by atoms with van der Waals surface area (Å²) in [5.74, 6) is -0.297. The highest BCUT2D eigenvalue weighted by atomic mass is 35.5. The van der Waals surface area contributed by atoms with E-state index in [0.717, 1.165) is 11.3 Å². The zero-order valence-corrected chi connectivity index (χ0v) is 16.5. The first-order valence-electron chi connectivity index (χ1n) is 9.37. The number of benzene rings is 2. The van der Waals surface area contributed by atoms with E-state index in [1.54, 1.807) is 48.7 Å². The van der Waals surface area contributed by atoms with Crippen molar-refractivity contribution in [1.29, 1.82) is 0 Å². The number of carbonyl (C=O) groups is 1. The zero-order chi connectivity index (χ0) is 20.7. The average Bonchev–Trinajstić information content (AvgIpc) is 3.48. The Hall–Kier alpha value is -3.58. The van der Waals surface area contributed by atoms with Crippen molar-refractivity contribution in [3.63, 3.8) is 0 Å². The van der Waals surface area contributed by atoms with Crippen LogP contribution in [0.5, 0.6) is 0 Å². The van der Waals surface area contributed by atoms with E-state index >= 15 is 0 Å². The van der Waals surface area contributed by atoms with Gasteiger partial charge in [0.05, 0.1) is 17.5 Å². The predicted molar refractivity (Wildman–Crippen MR) is 111 cm³/mol. The van der Waals surface area contributed by atoms with Gasteiger partial charge < -0.3 is 8.83 Å². The molecule has 0 aliphatic carbocycles. The summed E-state index contributed by atoms with van der Waals surface area (Å²) in [7, 11) is 0. The molecular formula is C22H16ClN3O4. The number of para-hydroxylation sites is 2. The van der Waals surface area contributed by atoms with Gasteiger partial charge in [0, 0.05) is 11.4 Å². The van der Waals surface area contributed by atoms with Crippen LogP contribution < -0.4 is 5.76 Å². The summed E-state index contributed by atoms with van der Waals surface area (Å²) >= 11 is 5.99. The Morgan fingerprint density at radius 3 is 2.67 bits per heavy atom. The lowest BCUT2D eigenvalue weighted by atomic mass is 10.0. The van der Waals surface area contributed by atoms with Crippen LogP contribution >= 0.6 is 11.6 Å². The summed E-state index contributed by atoms with van der Waals surface area (Å²) in [6.45, 7) is -0.190. The molecule has 1 amide bonds. The molecule has 150 valence electrons. The maximum absolute atomic E-state index is 13.2. The molecule has 2 aromatic carbocycles. The molecule has 0 saturated carbocycles. The second-order valence-electron chi connectivity index (χ2n) is 6.95. The van der Waals surface area contributed by atoms with E-state index in [0.29, 0.717) is 28.3 Å². The van der Waals surface area contributed by atoms with Crippen molar-refractivity contribution in [1.82, 2.24) is 9.58 Å². The molecule has 8 heteroatoms. The molecule has 0 spiro atoms. The predicted octanol–water partition coefficient (Wildman–Crippen LogP) is 4.22. The first-order valence-corrected chi connectivity index (χ1v) is 9.75. The number of halogens is 1. The number of hydrogen-bond donors (Lipinski definition) is 0. The van der Waals surface area contributed by atoms with Crippen LogP contribution in [0.25, 0.3) is 11.1 Å². The van der Waals surface area contributed by atoms with E-state index in [2.05, 4.69) is 5.10 Å². The third-order valence-corrected chi connectivity index (χ3v) is 5.33. The van der Waals surface area contributed by atoms with Crippen LogP contribution in [0, 0.1) is 0 Å². The van der Waals surface area contributed by atoms with Gasteiger partial charge in [0.15, 0.2) is 5.58 Å². The molecule has 0 saturated heterocycles. The summed E-state index contributed by atoms with van der Waals surface area (Å²) in [4.78, 5) is 25.5. The smallest absolute Gasteiger partial charge is 0.420 e. The van der Waals surface area contributed by atoms with E-state index < -0.39 is 11.8 Å². The fourth-order valence-electron chi connectivity index (χ4n) is 3.63. The fourth-order valence-corrected chi connectivity index (χ4v) is 3.76. The highest BCUT2D eigenvalue weighted by molar-refractivity contribution is 6.30. The van der Waals surface area contributed by atoms with Crippen molar-refractivity contribution in [2.24, 2.45) is 5.10 Å². The Balaban J connectivity index is 1.50. The average molecular weight is 422 g/mol. The van der Waals surface area contributed by atoms with Gasteiger partial charge in [-0.25, -0.2) is 9.80 Å². The lowest BCUT2D eigenvalue weighted by Crippen LogP contribution is -2.32. The van der Waals surface area contributed by atoms with E-state index in [4.69, 9.17) is 20.4 Å². The second-order valence-corrected chi connectivity index (χ2v) is 7.39. The molecular weight excluding hydrogens is 406 g/mol. The molecule has 1 aliphatic heterocycles. The van der Waals surface area contributed by atoms with Crippen LogP contribution in [0.1, 0.15) is 23.8 Å². The highest BCUT2D eigenvalue weighted by Crippen LogP contribution is 2.33. The number of oxazole rings is 1. The Bertz CT molecular complexity index is 1300. The molecule has 0 unspecified atom stereocenters. The number of hydrazone groups is 1. The van der Waals surface area contributed by atoms with Gasteiger partial charge in [-0.2, -0.15) is 5.10 Å². The van der Waals surface area contributed by atoms with Gasteiger partial charge >= 0.3 is 5.76 Å². The summed E-state index contributed by atoms with van der Waals surface area (Å²) in [5.41, 5.74) is 2.61. The number of aromatic nitrogens is 1. The van der Waals surface area contributed by atoms with Crippen molar-refractivity contribution in [2.45, 2.75) is 19.0 Å². The number of hydrogen-bond acceptors (Lipinski definition) is 5. The summed E-state index contributed by atoms with van der Waals surface area (Å²) in [6.07, 6.45) is 2.05. The maximum Gasteiger partial charge on any atom is 0.420 e. The molecule has 3 heterocycles. The molecule has 7 nitrogen and oxygen atoms in total. The van der Waals surface area contributed by atoms with Crippen molar-refractivity contribution in [2.75, 3.05) is 0 Å². The fraction of sp³-hybridized carbons (Fsp3) is 0.136. The molecule has 5 rings (SSSR count).